The normalized spacial score (nSPS) is 15.4. The van der Waals surface area contributed by atoms with Crippen molar-refractivity contribution in [2.45, 2.75) is 18.4 Å². The van der Waals surface area contributed by atoms with E-state index in [4.69, 9.17) is 4.74 Å². The van der Waals surface area contributed by atoms with Gasteiger partial charge in [-0.15, -0.1) is 11.8 Å². The average molecular weight is 350 g/mol. The second kappa shape index (κ2) is 9.42. The second-order valence-corrected chi connectivity index (χ2v) is 6.30. The summed E-state index contributed by atoms with van der Waals surface area (Å²) in [6, 6.07) is 8.51. The van der Waals surface area contributed by atoms with Crippen molar-refractivity contribution >= 4 is 23.8 Å². The number of carbonyl (C=O) groups is 1. The highest BCUT2D eigenvalue weighted by Gasteiger charge is 2.23. The van der Waals surface area contributed by atoms with Gasteiger partial charge in [-0.25, -0.2) is 4.79 Å². The van der Waals surface area contributed by atoms with Crippen LogP contribution in [-0.4, -0.2) is 67.9 Å². The van der Waals surface area contributed by atoms with E-state index in [1.807, 2.05) is 6.92 Å². The van der Waals surface area contributed by atoms with Crippen LogP contribution >= 0.6 is 11.8 Å². The molecule has 132 valence electrons. The number of benzene rings is 1. The lowest BCUT2D eigenvalue weighted by atomic mass is 10.2. The summed E-state index contributed by atoms with van der Waals surface area (Å²) >= 11 is 1.74. The summed E-state index contributed by atoms with van der Waals surface area (Å²) in [5.41, 5.74) is 1.22. The zero-order valence-corrected chi connectivity index (χ0v) is 15.4. The maximum Gasteiger partial charge on any atom is 0.409 e. The van der Waals surface area contributed by atoms with Gasteiger partial charge < -0.3 is 19.9 Å². The smallest absolute Gasteiger partial charge is 0.409 e. The summed E-state index contributed by atoms with van der Waals surface area (Å²) in [6.45, 7) is 5.79. The standard InChI is InChI=1S/C17H26N4O2S/c1-4-23-17(22)21-11-9-20(10-12-21)16(18-2)19-13-14-5-7-15(24-3)8-6-14/h5-8H,4,9-13H2,1-3H3,(H,18,19). The molecule has 0 saturated carbocycles. The van der Waals surface area contributed by atoms with Gasteiger partial charge in [0.15, 0.2) is 5.96 Å². The van der Waals surface area contributed by atoms with E-state index in [1.165, 1.54) is 10.5 Å². The van der Waals surface area contributed by atoms with Crippen LogP contribution in [0.3, 0.4) is 0 Å². The summed E-state index contributed by atoms with van der Waals surface area (Å²) in [6.07, 6.45) is 1.85. The highest BCUT2D eigenvalue weighted by molar-refractivity contribution is 7.98. The number of aliphatic imine (C=N–C) groups is 1. The van der Waals surface area contributed by atoms with Gasteiger partial charge in [-0.05, 0) is 30.9 Å². The first-order valence-electron chi connectivity index (χ1n) is 8.18. The number of nitrogens with one attached hydrogen (secondary N) is 1. The molecule has 1 fully saturated rings. The Labute approximate surface area is 148 Å². The number of thioether (sulfide) groups is 1. The Morgan fingerprint density at radius 2 is 1.83 bits per heavy atom. The molecule has 0 radical (unpaired) electrons. The summed E-state index contributed by atoms with van der Waals surface area (Å²) in [5, 5.41) is 3.40. The van der Waals surface area contributed by atoms with E-state index < -0.39 is 0 Å². The molecule has 7 heteroatoms. The fourth-order valence-electron chi connectivity index (χ4n) is 2.57. The van der Waals surface area contributed by atoms with Crippen LogP contribution in [0.5, 0.6) is 0 Å². The third-order valence-electron chi connectivity index (χ3n) is 3.93. The van der Waals surface area contributed by atoms with Gasteiger partial charge >= 0.3 is 6.09 Å². The monoisotopic (exact) mass is 350 g/mol. The van der Waals surface area contributed by atoms with Crippen molar-refractivity contribution in [2.75, 3.05) is 46.1 Å². The second-order valence-electron chi connectivity index (χ2n) is 5.42. The Balaban J connectivity index is 1.83. The summed E-state index contributed by atoms with van der Waals surface area (Å²) in [7, 11) is 1.79. The quantitative estimate of drug-likeness (QED) is 0.513. The summed E-state index contributed by atoms with van der Waals surface area (Å²) < 4.78 is 5.05. The average Bonchev–Trinajstić information content (AvgIpc) is 2.63. The molecule has 6 nitrogen and oxygen atoms in total. The fraction of sp³-hybridized carbons (Fsp3) is 0.529. The highest BCUT2D eigenvalue weighted by Crippen LogP contribution is 2.14. The van der Waals surface area contributed by atoms with Crippen LogP contribution in [0.4, 0.5) is 4.79 Å². The van der Waals surface area contributed by atoms with Crippen molar-refractivity contribution in [1.82, 2.24) is 15.1 Å². The number of amides is 1. The number of hydrogen-bond donors (Lipinski definition) is 1. The van der Waals surface area contributed by atoms with Gasteiger partial charge in [0.2, 0.25) is 0 Å². The molecule has 1 saturated heterocycles. The number of rotatable bonds is 4. The van der Waals surface area contributed by atoms with Crippen molar-refractivity contribution in [3.8, 4) is 0 Å². The zero-order valence-electron chi connectivity index (χ0n) is 14.6. The molecule has 24 heavy (non-hydrogen) atoms. The minimum Gasteiger partial charge on any atom is -0.450 e. The molecule has 1 aromatic carbocycles. The first kappa shape index (κ1) is 18.4. The van der Waals surface area contributed by atoms with E-state index in [-0.39, 0.29) is 6.09 Å². The maximum absolute atomic E-state index is 11.7. The predicted molar refractivity (Wildman–Crippen MR) is 98.6 cm³/mol. The molecule has 1 aliphatic rings. The van der Waals surface area contributed by atoms with Gasteiger partial charge in [0.1, 0.15) is 0 Å². The minimum atomic E-state index is -0.228. The van der Waals surface area contributed by atoms with E-state index in [0.29, 0.717) is 19.7 Å². The molecule has 1 aromatic rings. The fourth-order valence-corrected chi connectivity index (χ4v) is 2.98. The molecule has 0 atom stereocenters. The van der Waals surface area contributed by atoms with Crippen LogP contribution in [0.25, 0.3) is 0 Å². The number of nitrogens with zero attached hydrogens (tertiary/aromatic N) is 3. The Morgan fingerprint density at radius 1 is 1.21 bits per heavy atom. The number of hydrogen-bond acceptors (Lipinski definition) is 4. The lowest BCUT2D eigenvalue weighted by molar-refractivity contribution is 0.0914. The van der Waals surface area contributed by atoms with Crippen LogP contribution < -0.4 is 5.32 Å². The molecule has 0 bridgehead atoms. The lowest BCUT2D eigenvalue weighted by Gasteiger charge is -2.35. The topological polar surface area (TPSA) is 57.2 Å². The molecule has 1 amide bonds. The van der Waals surface area contributed by atoms with Crippen LogP contribution in [0.2, 0.25) is 0 Å². The Hall–Kier alpha value is -1.89. The van der Waals surface area contributed by atoms with E-state index in [0.717, 1.165) is 25.6 Å². The Kier molecular flexibility index (Phi) is 7.24. The van der Waals surface area contributed by atoms with Crippen LogP contribution in [0, 0.1) is 0 Å². The van der Waals surface area contributed by atoms with Gasteiger partial charge in [0.05, 0.1) is 6.61 Å². The van der Waals surface area contributed by atoms with Crippen molar-refractivity contribution in [2.24, 2.45) is 4.99 Å². The maximum atomic E-state index is 11.7. The Morgan fingerprint density at radius 3 is 2.38 bits per heavy atom. The summed E-state index contributed by atoms with van der Waals surface area (Å²) in [4.78, 5) is 21.3. The number of carbonyl (C=O) groups excluding carboxylic acids is 1. The van der Waals surface area contributed by atoms with Crippen molar-refractivity contribution < 1.29 is 9.53 Å². The molecule has 0 aromatic heterocycles. The van der Waals surface area contributed by atoms with E-state index >= 15 is 0 Å². The van der Waals surface area contributed by atoms with Crippen molar-refractivity contribution in [1.29, 1.82) is 0 Å². The van der Waals surface area contributed by atoms with E-state index in [2.05, 4.69) is 45.7 Å². The van der Waals surface area contributed by atoms with Crippen LogP contribution in [0.15, 0.2) is 34.2 Å². The number of guanidine groups is 1. The van der Waals surface area contributed by atoms with Gasteiger partial charge in [-0.1, -0.05) is 12.1 Å². The number of piperazine rings is 1. The zero-order chi connectivity index (χ0) is 17.4. The van der Waals surface area contributed by atoms with Crippen LogP contribution in [0.1, 0.15) is 12.5 Å². The highest BCUT2D eigenvalue weighted by atomic mass is 32.2. The van der Waals surface area contributed by atoms with Crippen molar-refractivity contribution in [3.63, 3.8) is 0 Å². The molecule has 1 N–H and O–H groups in total. The molecular weight excluding hydrogens is 324 g/mol. The first-order valence-corrected chi connectivity index (χ1v) is 9.40. The Bertz CT molecular complexity index is 554. The van der Waals surface area contributed by atoms with E-state index in [9.17, 15) is 4.79 Å². The molecule has 2 rings (SSSR count). The van der Waals surface area contributed by atoms with Gasteiger partial charge in [0.25, 0.3) is 0 Å². The van der Waals surface area contributed by atoms with Gasteiger partial charge in [0, 0.05) is 44.7 Å². The van der Waals surface area contributed by atoms with E-state index in [1.54, 1.807) is 23.7 Å². The molecule has 0 spiro atoms. The van der Waals surface area contributed by atoms with Crippen LogP contribution in [-0.2, 0) is 11.3 Å². The minimum absolute atomic E-state index is 0.228. The molecule has 0 aliphatic carbocycles. The lowest BCUT2D eigenvalue weighted by Crippen LogP contribution is -2.53. The first-order chi connectivity index (χ1) is 11.7. The SMILES string of the molecule is CCOC(=O)N1CCN(C(=NC)NCc2ccc(SC)cc2)CC1. The summed E-state index contributed by atoms with van der Waals surface area (Å²) in [5.74, 6) is 0.868. The third-order valence-corrected chi connectivity index (χ3v) is 4.67. The predicted octanol–water partition coefficient (Wildman–Crippen LogP) is 2.26. The van der Waals surface area contributed by atoms with Gasteiger partial charge in [-0.3, -0.25) is 4.99 Å². The third kappa shape index (κ3) is 5.06. The molecular formula is C17H26N4O2S. The molecule has 1 heterocycles. The van der Waals surface area contributed by atoms with Gasteiger partial charge in [-0.2, -0.15) is 0 Å². The van der Waals surface area contributed by atoms with Crippen molar-refractivity contribution in [3.05, 3.63) is 29.8 Å². The number of ether oxygens (including phenoxy) is 1. The largest absolute Gasteiger partial charge is 0.450 e. The molecule has 0 unspecified atom stereocenters. The molecule has 1 aliphatic heterocycles.